The van der Waals surface area contributed by atoms with Gasteiger partial charge in [-0.2, -0.15) is 0 Å². The molecule has 120 valence electrons. The Morgan fingerprint density at radius 2 is 2.18 bits per heavy atom. The second-order valence-electron chi connectivity index (χ2n) is 5.52. The Balaban J connectivity index is 1.83. The molecular weight excluding hydrogens is 322 g/mol. The molecule has 1 fully saturated rings. The first-order valence-electron chi connectivity index (χ1n) is 7.15. The second-order valence-corrected chi connectivity index (χ2v) is 8.45. The van der Waals surface area contributed by atoms with Gasteiger partial charge in [-0.25, -0.2) is 8.42 Å². The zero-order valence-electron chi connectivity index (χ0n) is 12.3. The van der Waals surface area contributed by atoms with Crippen LogP contribution in [0.1, 0.15) is 18.0 Å². The molecule has 1 saturated heterocycles. The second kappa shape index (κ2) is 6.10. The molecule has 2 N–H and O–H groups in total. The van der Waals surface area contributed by atoms with E-state index in [1.165, 1.54) is 10.6 Å². The minimum atomic E-state index is -3.30. The van der Waals surface area contributed by atoms with Gasteiger partial charge in [0.25, 0.3) is 0 Å². The Morgan fingerprint density at radius 3 is 2.86 bits per heavy atom. The molecule has 6 nitrogen and oxygen atoms in total. The predicted molar refractivity (Wildman–Crippen MR) is 88.4 cm³/mol. The van der Waals surface area contributed by atoms with E-state index in [1.807, 2.05) is 18.2 Å². The summed E-state index contributed by atoms with van der Waals surface area (Å²) in [7, 11) is -3.30. The average Bonchev–Trinajstić information content (AvgIpc) is 3.00. The average molecular weight is 341 g/mol. The van der Waals surface area contributed by atoms with E-state index in [1.54, 1.807) is 17.8 Å². The smallest absolute Gasteiger partial charge is 0.238 e. The number of amides is 1. The van der Waals surface area contributed by atoms with Gasteiger partial charge in [0.1, 0.15) is 0 Å². The van der Waals surface area contributed by atoms with Crippen LogP contribution in [0, 0.1) is 0 Å². The molecule has 2 heterocycles. The number of hydrogen-bond acceptors (Lipinski definition) is 5. The van der Waals surface area contributed by atoms with E-state index in [0.717, 1.165) is 17.2 Å². The molecule has 2 aliphatic rings. The molecule has 8 heteroatoms. The number of benzene rings is 1. The SMILES string of the molecule is CS(=O)(=O)N1CCC(NC(=O)C2CSCN2)c2ccccc21. The van der Waals surface area contributed by atoms with Crippen LogP contribution in [-0.2, 0) is 14.8 Å². The van der Waals surface area contributed by atoms with Crippen molar-refractivity contribution in [3.05, 3.63) is 29.8 Å². The van der Waals surface area contributed by atoms with Crippen molar-refractivity contribution < 1.29 is 13.2 Å². The van der Waals surface area contributed by atoms with Crippen molar-refractivity contribution in [1.82, 2.24) is 10.6 Å². The number of carbonyl (C=O) groups excluding carboxylic acids is 1. The fourth-order valence-electron chi connectivity index (χ4n) is 2.86. The standard InChI is InChI=1S/C14H19N3O3S2/c1-22(19,20)17-7-6-11(10-4-2-3-5-13(10)17)16-14(18)12-8-21-9-15-12/h2-5,11-12,15H,6-9H2,1H3,(H,16,18). The first-order chi connectivity index (χ1) is 10.5. The normalized spacial score (nSPS) is 24.9. The fourth-order valence-corrected chi connectivity index (χ4v) is 4.76. The molecule has 1 aromatic rings. The molecule has 1 amide bonds. The lowest BCUT2D eigenvalue weighted by Crippen LogP contribution is -2.46. The number of para-hydroxylation sites is 1. The number of sulfonamides is 1. The van der Waals surface area contributed by atoms with E-state index in [-0.39, 0.29) is 18.0 Å². The molecule has 2 unspecified atom stereocenters. The summed E-state index contributed by atoms with van der Waals surface area (Å²) in [5.74, 6) is 1.55. The minimum absolute atomic E-state index is 0.0161. The summed E-state index contributed by atoms with van der Waals surface area (Å²) in [5, 5.41) is 6.20. The van der Waals surface area contributed by atoms with Crippen LogP contribution in [0.4, 0.5) is 5.69 Å². The summed E-state index contributed by atoms with van der Waals surface area (Å²) >= 11 is 1.70. The van der Waals surface area contributed by atoms with Gasteiger partial charge in [0.15, 0.2) is 0 Å². The quantitative estimate of drug-likeness (QED) is 0.845. The number of nitrogens with one attached hydrogen (secondary N) is 2. The van der Waals surface area contributed by atoms with E-state index < -0.39 is 10.0 Å². The summed E-state index contributed by atoms with van der Waals surface area (Å²) in [5.41, 5.74) is 1.52. The van der Waals surface area contributed by atoms with Gasteiger partial charge < -0.3 is 5.32 Å². The molecule has 0 bridgehead atoms. The Hall–Kier alpha value is -1.25. The van der Waals surface area contributed by atoms with Crippen LogP contribution in [0.15, 0.2) is 24.3 Å². The highest BCUT2D eigenvalue weighted by atomic mass is 32.2. The number of fused-ring (bicyclic) bond motifs is 1. The molecule has 3 rings (SSSR count). The van der Waals surface area contributed by atoms with Gasteiger partial charge in [0.2, 0.25) is 15.9 Å². The first kappa shape index (κ1) is 15.6. The lowest BCUT2D eigenvalue weighted by Gasteiger charge is -2.34. The number of anilines is 1. The van der Waals surface area contributed by atoms with Crippen LogP contribution in [0.3, 0.4) is 0 Å². The zero-order valence-corrected chi connectivity index (χ0v) is 13.9. The molecule has 2 aliphatic heterocycles. The Kier molecular flexibility index (Phi) is 4.33. The number of carbonyl (C=O) groups is 1. The van der Waals surface area contributed by atoms with Crippen LogP contribution < -0.4 is 14.9 Å². The maximum absolute atomic E-state index is 12.3. The maximum atomic E-state index is 12.3. The van der Waals surface area contributed by atoms with E-state index in [9.17, 15) is 13.2 Å². The van der Waals surface area contributed by atoms with Crippen molar-refractivity contribution in [1.29, 1.82) is 0 Å². The summed E-state index contributed by atoms with van der Waals surface area (Å²) in [6.45, 7) is 0.383. The highest BCUT2D eigenvalue weighted by molar-refractivity contribution is 7.99. The predicted octanol–water partition coefficient (Wildman–Crippen LogP) is 0.676. The van der Waals surface area contributed by atoms with Gasteiger partial charge >= 0.3 is 0 Å². The van der Waals surface area contributed by atoms with Crippen LogP contribution >= 0.6 is 11.8 Å². The van der Waals surface area contributed by atoms with Crippen LogP contribution in [0.5, 0.6) is 0 Å². The molecule has 0 spiro atoms. The third-order valence-corrected chi connectivity index (χ3v) is 6.07. The first-order valence-corrected chi connectivity index (χ1v) is 10.2. The van der Waals surface area contributed by atoms with Crippen molar-refractivity contribution in [2.24, 2.45) is 0 Å². The molecule has 22 heavy (non-hydrogen) atoms. The third-order valence-electron chi connectivity index (χ3n) is 3.95. The van der Waals surface area contributed by atoms with E-state index in [2.05, 4.69) is 10.6 Å². The number of rotatable bonds is 3. The van der Waals surface area contributed by atoms with E-state index in [4.69, 9.17) is 0 Å². The monoisotopic (exact) mass is 341 g/mol. The maximum Gasteiger partial charge on any atom is 0.238 e. The lowest BCUT2D eigenvalue weighted by atomic mass is 9.97. The summed E-state index contributed by atoms with van der Waals surface area (Å²) in [6.07, 6.45) is 1.79. The van der Waals surface area contributed by atoms with Gasteiger partial charge in [-0.05, 0) is 18.1 Å². The third kappa shape index (κ3) is 3.09. The molecule has 1 aromatic carbocycles. The highest BCUT2D eigenvalue weighted by Gasteiger charge is 2.32. The number of hydrogen-bond donors (Lipinski definition) is 2. The van der Waals surface area contributed by atoms with Crippen LogP contribution in [0.2, 0.25) is 0 Å². The Bertz CT molecular complexity index is 672. The van der Waals surface area contributed by atoms with Gasteiger partial charge in [0.05, 0.1) is 24.0 Å². The van der Waals surface area contributed by atoms with Crippen LogP contribution in [-0.4, -0.2) is 44.8 Å². The largest absolute Gasteiger partial charge is 0.348 e. The molecule has 2 atom stereocenters. The molecule has 0 aromatic heterocycles. The Morgan fingerprint density at radius 1 is 1.41 bits per heavy atom. The topological polar surface area (TPSA) is 78.5 Å². The van der Waals surface area contributed by atoms with Crippen LogP contribution in [0.25, 0.3) is 0 Å². The van der Waals surface area contributed by atoms with Crippen molar-refractivity contribution in [2.45, 2.75) is 18.5 Å². The highest BCUT2D eigenvalue weighted by Crippen LogP contribution is 2.35. The summed E-state index contributed by atoms with van der Waals surface area (Å²) < 4.78 is 25.2. The lowest BCUT2D eigenvalue weighted by molar-refractivity contribution is -0.123. The molecule has 0 aliphatic carbocycles. The molecular formula is C14H19N3O3S2. The Labute approximate surface area is 134 Å². The van der Waals surface area contributed by atoms with Gasteiger partial charge in [-0.15, -0.1) is 11.8 Å². The van der Waals surface area contributed by atoms with Crippen molar-refractivity contribution in [3.63, 3.8) is 0 Å². The summed E-state index contributed by atoms with van der Waals surface area (Å²) in [4.78, 5) is 12.3. The zero-order chi connectivity index (χ0) is 15.7. The fraction of sp³-hybridized carbons (Fsp3) is 0.500. The van der Waals surface area contributed by atoms with E-state index in [0.29, 0.717) is 18.7 Å². The van der Waals surface area contributed by atoms with Crippen molar-refractivity contribution in [3.8, 4) is 0 Å². The summed E-state index contributed by atoms with van der Waals surface area (Å²) in [6, 6.07) is 7.05. The number of thioether (sulfide) groups is 1. The van der Waals surface area contributed by atoms with Gasteiger partial charge in [-0.3, -0.25) is 14.4 Å². The van der Waals surface area contributed by atoms with Gasteiger partial charge in [0, 0.05) is 18.2 Å². The number of nitrogens with zero attached hydrogens (tertiary/aromatic N) is 1. The molecule has 0 saturated carbocycles. The van der Waals surface area contributed by atoms with E-state index >= 15 is 0 Å². The molecule has 0 radical (unpaired) electrons. The van der Waals surface area contributed by atoms with Gasteiger partial charge in [-0.1, -0.05) is 18.2 Å². The van der Waals surface area contributed by atoms with Crippen molar-refractivity contribution >= 4 is 33.4 Å². The minimum Gasteiger partial charge on any atom is -0.348 e. The van der Waals surface area contributed by atoms with Crippen molar-refractivity contribution in [2.75, 3.05) is 28.7 Å².